The van der Waals surface area contributed by atoms with Crippen molar-refractivity contribution in [1.82, 2.24) is 4.90 Å². The molecule has 0 bridgehead atoms. The molecule has 23 heavy (non-hydrogen) atoms. The van der Waals surface area contributed by atoms with Crippen molar-refractivity contribution in [2.45, 2.75) is 31.0 Å². The summed E-state index contributed by atoms with van der Waals surface area (Å²) in [6.45, 7) is 1.42. The smallest absolute Gasteiger partial charge is 0.471 e. The summed E-state index contributed by atoms with van der Waals surface area (Å²) in [5.74, 6) is -1.90. The van der Waals surface area contributed by atoms with E-state index in [1.807, 2.05) is 0 Å². The monoisotopic (exact) mass is 371 g/mol. The Labute approximate surface area is 135 Å². The maximum absolute atomic E-state index is 12.5. The van der Waals surface area contributed by atoms with Crippen LogP contribution in [0.15, 0.2) is 17.0 Å². The van der Waals surface area contributed by atoms with E-state index in [1.165, 1.54) is 12.1 Å². The van der Waals surface area contributed by atoms with Gasteiger partial charge in [0.15, 0.2) is 0 Å². The molecular weight excluding hydrogens is 359 g/mol. The van der Waals surface area contributed by atoms with Crippen LogP contribution in [0.5, 0.6) is 5.75 Å². The van der Waals surface area contributed by atoms with Gasteiger partial charge in [-0.3, -0.25) is 4.79 Å². The first-order valence-corrected chi connectivity index (χ1v) is 8.94. The van der Waals surface area contributed by atoms with Crippen molar-refractivity contribution in [2.75, 3.05) is 13.2 Å². The Morgan fingerprint density at radius 3 is 2.52 bits per heavy atom. The highest BCUT2D eigenvalue weighted by molar-refractivity contribution is 8.13. The lowest BCUT2D eigenvalue weighted by Gasteiger charge is -2.30. The minimum absolute atomic E-state index is 0.0526. The fourth-order valence-corrected chi connectivity index (χ4v) is 3.38. The molecule has 1 aliphatic rings. The minimum atomic E-state index is -4.97. The summed E-state index contributed by atoms with van der Waals surface area (Å²) in [7, 11) is 1.21. The number of halogens is 4. The second-order valence-electron chi connectivity index (χ2n) is 4.91. The lowest BCUT2D eigenvalue weighted by Crippen LogP contribution is -2.43. The Balaban J connectivity index is 2.42. The molecule has 5 nitrogen and oxygen atoms in total. The van der Waals surface area contributed by atoms with Crippen LogP contribution in [0.25, 0.3) is 0 Å². The number of carbonyl (C=O) groups is 1. The summed E-state index contributed by atoms with van der Waals surface area (Å²) in [5.41, 5.74) is 0.931. The molecule has 0 radical (unpaired) electrons. The predicted molar refractivity (Wildman–Crippen MR) is 75.8 cm³/mol. The van der Waals surface area contributed by atoms with E-state index in [0.29, 0.717) is 16.0 Å². The maximum atomic E-state index is 12.5. The molecule has 1 aromatic rings. The lowest BCUT2D eigenvalue weighted by molar-refractivity contribution is -0.186. The zero-order valence-corrected chi connectivity index (χ0v) is 13.6. The number of fused-ring (bicyclic) bond motifs is 1. The first-order chi connectivity index (χ1) is 10.5. The third-order valence-corrected chi connectivity index (χ3v) is 4.71. The molecule has 2 rings (SSSR count). The molecule has 10 heteroatoms. The molecule has 1 amide bonds. The minimum Gasteiger partial charge on any atom is -0.492 e. The van der Waals surface area contributed by atoms with Crippen LogP contribution >= 0.6 is 10.7 Å². The highest BCUT2D eigenvalue weighted by Crippen LogP contribution is 2.34. The number of nitrogens with zero attached hydrogens (tertiary/aromatic N) is 1. The number of carbonyl (C=O) groups excluding carboxylic acids is 1. The molecular formula is C13H13ClF3NO4S. The molecule has 1 aliphatic heterocycles. The highest BCUT2D eigenvalue weighted by Gasteiger charge is 2.43. The van der Waals surface area contributed by atoms with Crippen molar-refractivity contribution in [1.29, 1.82) is 0 Å². The molecule has 0 N–H and O–H groups in total. The molecule has 0 saturated heterocycles. The van der Waals surface area contributed by atoms with Crippen molar-refractivity contribution in [3.8, 4) is 5.75 Å². The third-order valence-electron chi connectivity index (χ3n) is 3.37. The molecule has 1 aromatic carbocycles. The lowest BCUT2D eigenvalue weighted by atomic mass is 9.99. The molecule has 0 atom stereocenters. The van der Waals surface area contributed by atoms with Gasteiger partial charge in [0.25, 0.3) is 9.05 Å². The zero-order chi connectivity index (χ0) is 17.4. The Kier molecular flexibility index (Phi) is 4.81. The van der Waals surface area contributed by atoms with Gasteiger partial charge in [-0.1, -0.05) is 0 Å². The van der Waals surface area contributed by atoms with Crippen LogP contribution in [0, 0.1) is 0 Å². The van der Waals surface area contributed by atoms with Gasteiger partial charge in [0.2, 0.25) is 0 Å². The maximum Gasteiger partial charge on any atom is 0.471 e. The number of alkyl halides is 3. The summed E-state index contributed by atoms with van der Waals surface area (Å²) >= 11 is 0. The molecule has 0 saturated carbocycles. The molecule has 0 aliphatic carbocycles. The van der Waals surface area contributed by atoms with Gasteiger partial charge in [0.05, 0.1) is 6.61 Å². The first-order valence-electron chi connectivity index (χ1n) is 6.63. The Bertz CT molecular complexity index is 733. The van der Waals surface area contributed by atoms with Crippen LogP contribution in [0.2, 0.25) is 0 Å². The summed E-state index contributed by atoms with van der Waals surface area (Å²) < 4.78 is 66.0. The number of rotatable bonds is 3. The van der Waals surface area contributed by atoms with Gasteiger partial charge in [-0.15, -0.1) is 0 Å². The van der Waals surface area contributed by atoms with Gasteiger partial charge in [0, 0.05) is 23.8 Å². The van der Waals surface area contributed by atoms with Crippen LogP contribution in [0.1, 0.15) is 18.1 Å². The van der Waals surface area contributed by atoms with E-state index in [9.17, 15) is 26.4 Å². The van der Waals surface area contributed by atoms with Crippen LogP contribution < -0.4 is 4.74 Å². The van der Waals surface area contributed by atoms with Gasteiger partial charge in [-0.2, -0.15) is 13.2 Å². The summed E-state index contributed by atoms with van der Waals surface area (Å²) in [6.07, 6.45) is -4.80. The van der Waals surface area contributed by atoms with Crippen LogP contribution in [0.4, 0.5) is 13.2 Å². The zero-order valence-electron chi connectivity index (χ0n) is 12.0. The van der Waals surface area contributed by atoms with Gasteiger partial charge in [0.1, 0.15) is 10.6 Å². The number of hydrogen-bond donors (Lipinski definition) is 0. The largest absolute Gasteiger partial charge is 0.492 e. The van der Waals surface area contributed by atoms with Crippen molar-refractivity contribution < 1.29 is 31.1 Å². The van der Waals surface area contributed by atoms with Gasteiger partial charge in [-0.05, 0) is 36.6 Å². The topological polar surface area (TPSA) is 63.7 Å². The number of benzene rings is 1. The van der Waals surface area contributed by atoms with E-state index in [1.54, 1.807) is 6.92 Å². The van der Waals surface area contributed by atoms with E-state index in [4.69, 9.17) is 15.4 Å². The standard InChI is InChI=1S/C13H13ClF3NO4S/c1-2-22-10-5-8-3-4-18(12(19)13(15,16)17)7-9(8)6-11(10)23(14,20)21/h5-6H,2-4,7H2,1H3. The first kappa shape index (κ1) is 17.9. The van der Waals surface area contributed by atoms with Gasteiger partial charge < -0.3 is 9.64 Å². The summed E-state index contributed by atoms with van der Waals surface area (Å²) in [6, 6.07) is 2.61. The second-order valence-corrected chi connectivity index (χ2v) is 7.45. The van der Waals surface area contributed by atoms with Gasteiger partial charge >= 0.3 is 12.1 Å². The molecule has 1 heterocycles. The predicted octanol–water partition coefficient (Wildman–Crippen LogP) is 2.46. The Morgan fingerprint density at radius 1 is 1.35 bits per heavy atom. The van der Waals surface area contributed by atoms with Crippen molar-refractivity contribution >= 4 is 25.6 Å². The Morgan fingerprint density at radius 2 is 2.00 bits per heavy atom. The van der Waals surface area contributed by atoms with Crippen molar-refractivity contribution in [2.24, 2.45) is 0 Å². The van der Waals surface area contributed by atoms with Crippen LogP contribution in [-0.4, -0.2) is 38.6 Å². The fraction of sp³-hybridized carbons (Fsp3) is 0.462. The quantitative estimate of drug-likeness (QED) is 0.766. The van der Waals surface area contributed by atoms with E-state index in [2.05, 4.69) is 0 Å². The van der Waals surface area contributed by atoms with E-state index in [-0.39, 0.29) is 36.8 Å². The van der Waals surface area contributed by atoms with Crippen LogP contribution in [0.3, 0.4) is 0 Å². The van der Waals surface area contributed by atoms with E-state index in [0.717, 1.165) is 0 Å². The van der Waals surface area contributed by atoms with Crippen molar-refractivity contribution in [3.05, 3.63) is 23.3 Å². The number of ether oxygens (including phenoxy) is 1. The molecule has 0 fully saturated rings. The van der Waals surface area contributed by atoms with E-state index < -0.39 is 21.1 Å². The SMILES string of the molecule is CCOc1cc2c(cc1S(=O)(=O)Cl)CN(C(=O)C(F)(F)F)CC2. The van der Waals surface area contributed by atoms with Crippen LogP contribution in [-0.2, 0) is 26.8 Å². The number of hydrogen-bond acceptors (Lipinski definition) is 4. The number of amides is 1. The third kappa shape index (κ3) is 3.89. The van der Waals surface area contributed by atoms with E-state index >= 15 is 0 Å². The van der Waals surface area contributed by atoms with Gasteiger partial charge in [-0.25, -0.2) is 8.42 Å². The van der Waals surface area contributed by atoms with Crippen molar-refractivity contribution in [3.63, 3.8) is 0 Å². The average Bonchev–Trinajstić information content (AvgIpc) is 2.43. The molecule has 0 aromatic heterocycles. The molecule has 0 spiro atoms. The molecule has 0 unspecified atom stereocenters. The summed E-state index contributed by atoms with van der Waals surface area (Å²) in [5, 5.41) is 0. The fourth-order valence-electron chi connectivity index (χ4n) is 2.38. The Hall–Kier alpha value is -1.48. The normalized spacial score (nSPS) is 15.3. The average molecular weight is 372 g/mol. The molecule has 128 valence electrons. The highest BCUT2D eigenvalue weighted by atomic mass is 35.7. The summed E-state index contributed by atoms with van der Waals surface area (Å²) in [4.78, 5) is 11.6. The second kappa shape index (κ2) is 6.20.